The van der Waals surface area contributed by atoms with Crippen LogP contribution in [0, 0.1) is 5.92 Å². The van der Waals surface area contributed by atoms with E-state index < -0.39 is 11.2 Å². The highest BCUT2D eigenvalue weighted by Crippen LogP contribution is 2.33. The summed E-state index contributed by atoms with van der Waals surface area (Å²) < 4.78 is 2.31. The van der Waals surface area contributed by atoms with Gasteiger partial charge in [0.25, 0.3) is 5.56 Å². The van der Waals surface area contributed by atoms with E-state index in [1.807, 2.05) is 0 Å². The molecule has 1 aliphatic rings. The summed E-state index contributed by atoms with van der Waals surface area (Å²) in [5.74, 6) is 0.353. The van der Waals surface area contributed by atoms with Gasteiger partial charge in [-0.25, -0.2) is 9.78 Å². The highest BCUT2D eigenvalue weighted by molar-refractivity contribution is 7.15. The summed E-state index contributed by atoms with van der Waals surface area (Å²) >= 11 is 1.53. The zero-order valence-electron chi connectivity index (χ0n) is 15.1. The van der Waals surface area contributed by atoms with Crippen LogP contribution in [0.25, 0.3) is 6.08 Å². The Labute approximate surface area is 155 Å². The van der Waals surface area contributed by atoms with Gasteiger partial charge in [-0.3, -0.25) is 19.5 Å². The molecular formula is C18H22N4O3S. The molecule has 1 aliphatic carbocycles. The highest BCUT2D eigenvalue weighted by atomic mass is 32.1. The number of aryl methyl sites for hydroxylation is 2. The Morgan fingerprint density at radius 2 is 2.19 bits per heavy atom. The quantitative estimate of drug-likeness (QED) is 0.826. The number of thiazole rings is 1. The second-order valence-corrected chi connectivity index (χ2v) is 7.65. The van der Waals surface area contributed by atoms with Crippen LogP contribution >= 0.6 is 11.3 Å². The largest absolute Gasteiger partial charge is 0.330 e. The van der Waals surface area contributed by atoms with Crippen LogP contribution in [-0.4, -0.2) is 20.0 Å². The summed E-state index contributed by atoms with van der Waals surface area (Å²) in [4.78, 5) is 41.7. The maximum Gasteiger partial charge on any atom is 0.330 e. The van der Waals surface area contributed by atoms with Crippen molar-refractivity contribution in [3.8, 4) is 0 Å². The standard InChI is InChI=1S/C18H22N4O3S/c1-4-11-5-7-13-14(9-11)26-17(19-13)20-15(23)8-6-12-10-21(2)18(25)22(3)16(12)24/h6,8,10-11H,4-5,7,9H2,1-3H3,(H,19,20,23)/b8-6+/t11-/m0/s1. The van der Waals surface area contributed by atoms with Crippen molar-refractivity contribution < 1.29 is 4.79 Å². The monoisotopic (exact) mass is 374 g/mol. The first-order valence-electron chi connectivity index (χ1n) is 8.63. The first kappa shape index (κ1) is 18.3. The SMILES string of the molecule is CC[C@H]1CCc2nc(NC(=O)/C=C/c3cn(C)c(=O)n(C)c3=O)sc2C1. The van der Waals surface area contributed by atoms with Crippen molar-refractivity contribution >= 4 is 28.5 Å². The van der Waals surface area contributed by atoms with Gasteiger partial charge in [0, 0.05) is 31.2 Å². The Balaban J connectivity index is 1.72. The Hall–Kier alpha value is -2.48. The van der Waals surface area contributed by atoms with Crippen molar-refractivity contribution in [3.05, 3.63) is 49.2 Å². The molecule has 0 aromatic carbocycles. The van der Waals surface area contributed by atoms with Gasteiger partial charge >= 0.3 is 5.69 Å². The number of carbonyl (C=O) groups is 1. The fraction of sp³-hybridized carbons (Fsp3) is 0.444. The fourth-order valence-corrected chi connectivity index (χ4v) is 4.23. The molecule has 1 N–H and O–H groups in total. The van der Waals surface area contributed by atoms with E-state index in [1.165, 1.54) is 46.2 Å². The third-order valence-corrected chi connectivity index (χ3v) is 5.77. The number of nitrogens with one attached hydrogen (secondary N) is 1. The molecular weight excluding hydrogens is 352 g/mol. The van der Waals surface area contributed by atoms with Crippen LogP contribution in [0.5, 0.6) is 0 Å². The zero-order chi connectivity index (χ0) is 18.8. The van der Waals surface area contributed by atoms with Gasteiger partial charge in [0.15, 0.2) is 5.13 Å². The lowest BCUT2D eigenvalue weighted by Gasteiger charge is -2.18. The molecule has 0 aliphatic heterocycles. The number of aromatic nitrogens is 3. The second kappa shape index (κ2) is 7.41. The van der Waals surface area contributed by atoms with Crippen LogP contribution in [0.4, 0.5) is 5.13 Å². The van der Waals surface area contributed by atoms with Crippen LogP contribution in [0.2, 0.25) is 0 Å². The van der Waals surface area contributed by atoms with Gasteiger partial charge in [-0.15, -0.1) is 11.3 Å². The lowest BCUT2D eigenvalue weighted by atomic mass is 9.89. The number of carbonyl (C=O) groups excluding carboxylic acids is 1. The van der Waals surface area contributed by atoms with E-state index in [0.717, 1.165) is 35.9 Å². The molecule has 2 aromatic rings. The number of anilines is 1. The number of amides is 1. The molecule has 138 valence electrons. The Kier molecular flexibility index (Phi) is 5.22. The summed E-state index contributed by atoms with van der Waals surface area (Å²) in [5, 5.41) is 3.36. The van der Waals surface area contributed by atoms with E-state index >= 15 is 0 Å². The smallest absolute Gasteiger partial charge is 0.303 e. The average Bonchev–Trinajstić information content (AvgIpc) is 3.02. The number of rotatable bonds is 4. The van der Waals surface area contributed by atoms with Gasteiger partial charge in [0.1, 0.15) is 0 Å². The average molecular weight is 374 g/mol. The number of hydrogen-bond donors (Lipinski definition) is 1. The van der Waals surface area contributed by atoms with Gasteiger partial charge in [-0.1, -0.05) is 13.3 Å². The molecule has 0 radical (unpaired) electrons. The normalized spacial score (nSPS) is 16.7. The van der Waals surface area contributed by atoms with E-state index in [1.54, 1.807) is 7.05 Å². The molecule has 3 rings (SSSR count). The van der Waals surface area contributed by atoms with Gasteiger partial charge in [0.05, 0.1) is 11.3 Å². The van der Waals surface area contributed by atoms with Gasteiger partial charge in [0.2, 0.25) is 5.91 Å². The van der Waals surface area contributed by atoms with Crippen molar-refractivity contribution in [2.75, 3.05) is 5.32 Å². The van der Waals surface area contributed by atoms with Gasteiger partial charge in [-0.05, 0) is 31.3 Å². The summed E-state index contributed by atoms with van der Waals surface area (Å²) in [6.07, 6.45) is 8.43. The zero-order valence-corrected chi connectivity index (χ0v) is 15.9. The van der Waals surface area contributed by atoms with Crippen LogP contribution in [0.15, 0.2) is 21.9 Å². The van der Waals surface area contributed by atoms with Crippen molar-refractivity contribution in [1.29, 1.82) is 0 Å². The van der Waals surface area contributed by atoms with Gasteiger partial charge < -0.3 is 4.57 Å². The molecule has 1 atom stereocenters. The minimum absolute atomic E-state index is 0.272. The van der Waals surface area contributed by atoms with E-state index in [0.29, 0.717) is 11.0 Å². The maximum atomic E-state index is 12.2. The van der Waals surface area contributed by atoms with Crippen LogP contribution in [0.1, 0.15) is 35.9 Å². The van der Waals surface area contributed by atoms with Crippen LogP contribution in [0.3, 0.4) is 0 Å². The van der Waals surface area contributed by atoms with Crippen molar-refractivity contribution in [2.45, 2.75) is 32.6 Å². The molecule has 0 saturated carbocycles. The molecule has 2 aromatic heterocycles. The number of nitrogens with zero attached hydrogens (tertiary/aromatic N) is 3. The predicted octanol–water partition coefficient (Wildman–Crippen LogP) is 1.71. The van der Waals surface area contributed by atoms with Crippen molar-refractivity contribution in [3.63, 3.8) is 0 Å². The lowest BCUT2D eigenvalue weighted by Crippen LogP contribution is -2.37. The van der Waals surface area contributed by atoms with E-state index in [2.05, 4.69) is 17.2 Å². The van der Waals surface area contributed by atoms with E-state index in [4.69, 9.17) is 0 Å². The molecule has 0 unspecified atom stereocenters. The maximum absolute atomic E-state index is 12.2. The van der Waals surface area contributed by atoms with Crippen LogP contribution in [-0.2, 0) is 31.7 Å². The summed E-state index contributed by atoms with van der Waals surface area (Å²) in [7, 11) is 2.97. The molecule has 7 nitrogen and oxygen atoms in total. The Morgan fingerprint density at radius 1 is 1.42 bits per heavy atom. The topological polar surface area (TPSA) is 86.0 Å². The first-order chi connectivity index (χ1) is 12.4. The summed E-state index contributed by atoms with van der Waals surface area (Å²) in [6, 6.07) is 0. The minimum Gasteiger partial charge on any atom is -0.303 e. The van der Waals surface area contributed by atoms with E-state index in [-0.39, 0.29) is 11.5 Å². The molecule has 2 heterocycles. The molecule has 26 heavy (non-hydrogen) atoms. The Morgan fingerprint density at radius 3 is 2.92 bits per heavy atom. The lowest BCUT2D eigenvalue weighted by molar-refractivity contribution is -0.111. The molecule has 0 bridgehead atoms. The highest BCUT2D eigenvalue weighted by Gasteiger charge is 2.21. The number of fused-ring (bicyclic) bond motifs is 1. The van der Waals surface area contributed by atoms with Crippen LogP contribution < -0.4 is 16.6 Å². The Bertz CT molecular complexity index is 983. The minimum atomic E-state index is -0.438. The van der Waals surface area contributed by atoms with Gasteiger partial charge in [-0.2, -0.15) is 0 Å². The van der Waals surface area contributed by atoms with Crippen molar-refractivity contribution in [2.24, 2.45) is 20.0 Å². The third-order valence-electron chi connectivity index (χ3n) is 4.74. The first-order valence-corrected chi connectivity index (χ1v) is 9.45. The van der Waals surface area contributed by atoms with E-state index in [9.17, 15) is 14.4 Å². The number of hydrogen-bond acceptors (Lipinski definition) is 5. The summed E-state index contributed by atoms with van der Waals surface area (Å²) in [5.41, 5.74) is 0.516. The van der Waals surface area contributed by atoms with Crippen molar-refractivity contribution in [1.82, 2.24) is 14.1 Å². The second-order valence-electron chi connectivity index (χ2n) is 6.57. The predicted molar refractivity (Wildman–Crippen MR) is 103 cm³/mol. The third kappa shape index (κ3) is 3.70. The molecule has 8 heteroatoms. The summed E-state index contributed by atoms with van der Waals surface area (Å²) in [6.45, 7) is 2.20. The molecule has 1 amide bonds. The fourth-order valence-electron chi connectivity index (χ4n) is 3.11. The molecule has 0 spiro atoms. The molecule has 0 fully saturated rings. The molecule has 0 saturated heterocycles.